The third kappa shape index (κ3) is 4.77. The van der Waals surface area contributed by atoms with Crippen LogP contribution in [-0.4, -0.2) is 15.7 Å². The van der Waals surface area contributed by atoms with Gasteiger partial charge in [-0.1, -0.05) is 32.9 Å². The van der Waals surface area contributed by atoms with Crippen molar-refractivity contribution in [2.24, 2.45) is 11.3 Å². The maximum absolute atomic E-state index is 9.35. The summed E-state index contributed by atoms with van der Waals surface area (Å²) >= 11 is 0. The summed E-state index contributed by atoms with van der Waals surface area (Å²) < 4.78 is 8.26. The van der Waals surface area contributed by atoms with Crippen LogP contribution in [0.25, 0.3) is 11.0 Å². The van der Waals surface area contributed by atoms with Crippen molar-refractivity contribution in [2.75, 3.05) is 0 Å². The molecule has 1 aliphatic rings. The molecule has 0 spiro atoms. The van der Waals surface area contributed by atoms with Crippen molar-refractivity contribution in [2.45, 2.75) is 72.4 Å². The monoisotopic (exact) mass is 415 g/mol. The molecule has 1 aliphatic carbocycles. The van der Waals surface area contributed by atoms with Crippen LogP contribution in [0.1, 0.15) is 76.9 Å². The molecule has 2 atom stereocenters. The first-order valence-corrected chi connectivity index (χ1v) is 11.4. The Morgan fingerprint density at radius 1 is 1.16 bits per heavy atom. The molecule has 0 amide bonds. The van der Waals surface area contributed by atoms with E-state index in [0.717, 1.165) is 35.4 Å². The van der Waals surface area contributed by atoms with Gasteiger partial charge in [0.2, 0.25) is 0 Å². The molecule has 0 aliphatic heterocycles. The van der Waals surface area contributed by atoms with Crippen LogP contribution in [0.5, 0.6) is 5.75 Å². The minimum Gasteiger partial charge on any atom is -0.491 e. The molecule has 4 nitrogen and oxygen atoms in total. The summed E-state index contributed by atoms with van der Waals surface area (Å²) in [4.78, 5) is 5.02. The minimum atomic E-state index is 0.168. The Kier molecular flexibility index (Phi) is 5.79. The SMILES string of the molecule is CC1CC(n2c(Cc3ccc(OC(C)C)cc3)nc3cc(C#N)ccc32)CC(C)(C)C1. The summed E-state index contributed by atoms with van der Waals surface area (Å²) in [6, 6.07) is 17.0. The second-order valence-corrected chi connectivity index (χ2v) is 10.3. The molecule has 4 heteroatoms. The summed E-state index contributed by atoms with van der Waals surface area (Å²) in [5.41, 5.74) is 4.26. The Labute approximate surface area is 185 Å². The van der Waals surface area contributed by atoms with E-state index in [1.165, 1.54) is 18.4 Å². The van der Waals surface area contributed by atoms with Gasteiger partial charge in [0, 0.05) is 12.5 Å². The largest absolute Gasteiger partial charge is 0.491 e. The van der Waals surface area contributed by atoms with E-state index in [1.54, 1.807) is 0 Å². The van der Waals surface area contributed by atoms with Crippen molar-refractivity contribution < 1.29 is 4.74 Å². The zero-order chi connectivity index (χ0) is 22.2. The normalized spacial score (nSPS) is 20.7. The first-order chi connectivity index (χ1) is 14.7. The minimum absolute atomic E-state index is 0.168. The number of aromatic nitrogens is 2. The second kappa shape index (κ2) is 8.38. The van der Waals surface area contributed by atoms with Gasteiger partial charge in [-0.05, 0) is 80.3 Å². The molecule has 1 heterocycles. The van der Waals surface area contributed by atoms with E-state index in [-0.39, 0.29) is 6.10 Å². The molecule has 4 rings (SSSR count). The van der Waals surface area contributed by atoms with Gasteiger partial charge in [-0.15, -0.1) is 0 Å². The average Bonchev–Trinajstić information content (AvgIpc) is 3.04. The number of rotatable bonds is 5. The van der Waals surface area contributed by atoms with E-state index < -0.39 is 0 Å². The highest BCUT2D eigenvalue weighted by molar-refractivity contribution is 5.78. The average molecular weight is 416 g/mol. The Hall–Kier alpha value is -2.80. The van der Waals surface area contributed by atoms with Crippen LogP contribution < -0.4 is 4.74 Å². The molecule has 0 N–H and O–H groups in total. The number of nitriles is 1. The molecule has 1 saturated carbocycles. The van der Waals surface area contributed by atoms with Gasteiger partial charge in [0.25, 0.3) is 0 Å². The lowest BCUT2D eigenvalue weighted by Gasteiger charge is -2.40. The maximum atomic E-state index is 9.35. The first kappa shape index (κ1) is 21.4. The molecule has 1 aromatic heterocycles. The summed E-state index contributed by atoms with van der Waals surface area (Å²) in [5.74, 6) is 2.66. The van der Waals surface area contributed by atoms with Crippen LogP contribution in [0.2, 0.25) is 0 Å². The summed E-state index contributed by atoms with van der Waals surface area (Å²) in [6.45, 7) is 11.2. The fourth-order valence-corrected chi connectivity index (χ4v) is 5.38. The van der Waals surface area contributed by atoms with Crippen molar-refractivity contribution in [3.05, 3.63) is 59.4 Å². The van der Waals surface area contributed by atoms with Crippen LogP contribution in [0, 0.1) is 22.7 Å². The zero-order valence-corrected chi connectivity index (χ0v) is 19.4. The molecule has 31 heavy (non-hydrogen) atoms. The van der Waals surface area contributed by atoms with Crippen molar-refractivity contribution in [3.8, 4) is 11.8 Å². The van der Waals surface area contributed by atoms with E-state index in [9.17, 15) is 5.26 Å². The van der Waals surface area contributed by atoms with Crippen molar-refractivity contribution >= 4 is 11.0 Å². The fourth-order valence-electron chi connectivity index (χ4n) is 5.38. The molecule has 0 radical (unpaired) electrons. The Morgan fingerprint density at radius 3 is 2.55 bits per heavy atom. The molecular formula is C27H33N3O. The van der Waals surface area contributed by atoms with E-state index in [1.807, 2.05) is 38.1 Å². The maximum Gasteiger partial charge on any atom is 0.119 e. The molecule has 2 aromatic carbocycles. The molecular weight excluding hydrogens is 382 g/mol. The van der Waals surface area contributed by atoms with Gasteiger partial charge in [-0.2, -0.15) is 5.26 Å². The zero-order valence-electron chi connectivity index (χ0n) is 19.4. The Balaban J connectivity index is 1.73. The molecule has 0 bridgehead atoms. The first-order valence-electron chi connectivity index (χ1n) is 11.4. The molecule has 2 unspecified atom stereocenters. The third-order valence-corrected chi connectivity index (χ3v) is 6.28. The van der Waals surface area contributed by atoms with Crippen LogP contribution >= 0.6 is 0 Å². The van der Waals surface area contributed by atoms with E-state index >= 15 is 0 Å². The van der Waals surface area contributed by atoms with Gasteiger partial charge in [-0.25, -0.2) is 4.98 Å². The van der Waals surface area contributed by atoms with E-state index in [2.05, 4.69) is 49.6 Å². The highest BCUT2D eigenvalue weighted by Crippen LogP contribution is 2.45. The lowest BCUT2D eigenvalue weighted by molar-refractivity contribution is 0.137. The highest BCUT2D eigenvalue weighted by Gasteiger charge is 2.34. The predicted octanol–water partition coefficient (Wildman–Crippen LogP) is 6.67. The Bertz CT molecular complexity index is 1100. The van der Waals surface area contributed by atoms with Gasteiger partial charge in [0.05, 0.1) is 28.8 Å². The molecule has 162 valence electrons. The van der Waals surface area contributed by atoms with Gasteiger partial charge in [0.15, 0.2) is 0 Å². The quantitative estimate of drug-likeness (QED) is 0.467. The van der Waals surface area contributed by atoms with Gasteiger partial charge < -0.3 is 9.30 Å². The predicted molar refractivity (Wildman–Crippen MR) is 125 cm³/mol. The highest BCUT2D eigenvalue weighted by atomic mass is 16.5. The van der Waals surface area contributed by atoms with Gasteiger partial charge in [-0.3, -0.25) is 0 Å². The number of benzene rings is 2. The van der Waals surface area contributed by atoms with Gasteiger partial charge >= 0.3 is 0 Å². The third-order valence-electron chi connectivity index (χ3n) is 6.28. The lowest BCUT2D eigenvalue weighted by atomic mass is 9.70. The number of hydrogen-bond acceptors (Lipinski definition) is 3. The number of ether oxygens (including phenoxy) is 1. The van der Waals surface area contributed by atoms with E-state index in [4.69, 9.17) is 9.72 Å². The van der Waals surface area contributed by atoms with Crippen molar-refractivity contribution in [1.82, 2.24) is 9.55 Å². The van der Waals surface area contributed by atoms with Gasteiger partial charge in [0.1, 0.15) is 11.6 Å². The number of fused-ring (bicyclic) bond motifs is 1. The molecule has 3 aromatic rings. The summed E-state index contributed by atoms with van der Waals surface area (Å²) in [7, 11) is 0. The fraction of sp³-hybridized carbons (Fsp3) is 0.481. The van der Waals surface area contributed by atoms with Crippen LogP contribution in [0.3, 0.4) is 0 Å². The second-order valence-electron chi connectivity index (χ2n) is 10.3. The van der Waals surface area contributed by atoms with Crippen LogP contribution in [0.4, 0.5) is 0 Å². The van der Waals surface area contributed by atoms with Crippen molar-refractivity contribution in [3.63, 3.8) is 0 Å². The smallest absolute Gasteiger partial charge is 0.119 e. The van der Waals surface area contributed by atoms with Crippen molar-refractivity contribution in [1.29, 1.82) is 5.26 Å². The standard InChI is InChI=1S/C27H33N3O/c1-18(2)31-23-9-6-20(7-10-23)14-26-29-24-13-21(17-28)8-11-25(24)30(26)22-12-19(3)15-27(4,5)16-22/h6-11,13,18-19,22H,12,14-16H2,1-5H3. The Morgan fingerprint density at radius 2 is 1.90 bits per heavy atom. The number of imidazole rings is 1. The molecule has 0 saturated heterocycles. The lowest BCUT2D eigenvalue weighted by Crippen LogP contribution is -2.30. The summed E-state index contributed by atoms with van der Waals surface area (Å²) in [6.07, 6.45) is 4.52. The topological polar surface area (TPSA) is 50.8 Å². The summed E-state index contributed by atoms with van der Waals surface area (Å²) in [5, 5.41) is 9.35. The van der Waals surface area contributed by atoms with Crippen LogP contribution in [0.15, 0.2) is 42.5 Å². The van der Waals surface area contributed by atoms with Crippen LogP contribution in [-0.2, 0) is 6.42 Å². The number of nitrogens with zero attached hydrogens (tertiary/aromatic N) is 3. The van der Waals surface area contributed by atoms with E-state index in [0.29, 0.717) is 22.9 Å². The number of hydrogen-bond donors (Lipinski definition) is 0. The molecule has 1 fully saturated rings.